The molecule has 0 heterocycles. The van der Waals surface area contributed by atoms with E-state index in [9.17, 15) is 18.0 Å². The van der Waals surface area contributed by atoms with Crippen molar-refractivity contribution in [1.82, 2.24) is 0 Å². The second-order valence-electron chi connectivity index (χ2n) is 3.06. The molecule has 2 nitrogen and oxygen atoms in total. The van der Waals surface area contributed by atoms with Gasteiger partial charge in [-0.25, -0.2) is 13.2 Å². The Hall–Kier alpha value is -1.52. The Morgan fingerprint density at radius 1 is 1.33 bits per heavy atom. The highest BCUT2D eigenvalue weighted by Gasteiger charge is 2.27. The minimum atomic E-state index is -2.89. The molecule has 1 N–H and O–H groups in total. The Morgan fingerprint density at radius 3 is 2.40 bits per heavy atom. The first-order chi connectivity index (χ1) is 7.02. The number of halogens is 3. The van der Waals surface area contributed by atoms with Crippen LogP contribution >= 0.6 is 0 Å². The Kier molecular flexibility index (Phi) is 3.71. The van der Waals surface area contributed by atoms with Gasteiger partial charge in [-0.2, -0.15) is 0 Å². The number of alkyl halides is 2. The molecule has 0 aromatic heterocycles. The summed E-state index contributed by atoms with van der Waals surface area (Å²) in [4.78, 5) is 10.3. The van der Waals surface area contributed by atoms with Gasteiger partial charge in [0.1, 0.15) is 5.82 Å². The van der Waals surface area contributed by atoms with Gasteiger partial charge >= 0.3 is 5.97 Å². The first-order valence-corrected chi connectivity index (χ1v) is 4.26. The third kappa shape index (κ3) is 2.97. The Morgan fingerprint density at radius 2 is 1.93 bits per heavy atom. The SMILES string of the molecule is O=C(O)CC(c1ccccc1F)C(F)F. The van der Waals surface area contributed by atoms with Crippen molar-refractivity contribution in [1.29, 1.82) is 0 Å². The third-order valence-corrected chi connectivity index (χ3v) is 2.00. The van der Waals surface area contributed by atoms with Crippen LogP contribution in [0.5, 0.6) is 0 Å². The Bertz CT molecular complexity index is 352. The number of carboxylic acid groups (broad SMARTS) is 1. The van der Waals surface area contributed by atoms with E-state index in [1.807, 2.05) is 0 Å². The predicted octanol–water partition coefficient (Wildman–Crippen LogP) is 2.65. The highest BCUT2D eigenvalue weighted by atomic mass is 19.3. The lowest BCUT2D eigenvalue weighted by Crippen LogP contribution is -2.15. The fraction of sp³-hybridized carbons (Fsp3) is 0.300. The fourth-order valence-corrected chi connectivity index (χ4v) is 1.30. The van der Waals surface area contributed by atoms with Crippen LogP contribution in [0.15, 0.2) is 24.3 Å². The van der Waals surface area contributed by atoms with E-state index in [2.05, 4.69) is 0 Å². The summed E-state index contributed by atoms with van der Waals surface area (Å²) in [6, 6.07) is 4.97. The van der Waals surface area contributed by atoms with Gasteiger partial charge in [0.05, 0.1) is 12.3 Å². The summed E-state index contributed by atoms with van der Waals surface area (Å²) in [5, 5.41) is 8.43. The molecule has 82 valence electrons. The zero-order chi connectivity index (χ0) is 11.4. The van der Waals surface area contributed by atoms with Crippen LogP contribution in [0.3, 0.4) is 0 Å². The maximum atomic E-state index is 13.1. The van der Waals surface area contributed by atoms with Gasteiger partial charge in [-0.1, -0.05) is 18.2 Å². The van der Waals surface area contributed by atoms with Crippen molar-refractivity contribution >= 4 is 5.97 Å². The van der Waals surface area contributed by atoms with E-state index in [1.54, 1.807) is 0 Å². The van der Waals surface area contributed by atoms with Crippen molar-refractivity contribution in [3.05, 3.63) is 35.6 Å². The molecule has 0 radical (unpaired) electrons. The first kappa shape index (κ1) is 11.6. The summed E-state index contributed by atoms with van der Waals surface area (Å²) in [5.41, 5.74) is -0.255. The minimum Gasteiger partial charge on any atom is -0.481 e. The van der Waals surface area contributed by atoms with Gasteiger partial charge in [-0.15, -0.1) is 0 Å². The molecule has 15 heavy (non-hydrogen) atoms. The molecule has 1 aromatic carbocycles. The molecular weight excluding hydrogens is 209 g/mol. The van der Waals surface area contributed by atoms with Gasteiger partial charge < -0.3 is 5.11 Å². The lowest BCUT2D eigenvalue weighted by molar-refractivity contribution is -0.138. The van der Waals surface area contributed by atoms with Crippen molar-refractivity contribution in [2.75, 3.05) is 0 Å². The van der Waals surface area contributed by atoms with Crippen LogP contribution in [0.4, 0.5) is 13.2 Å². The molecule has 1 unspecified atom stereocenters. The lowest BCUT2D eigenvalue weighted by Gasteiger charge is -2.14. The number of hydrogen-bond acceptors (Lipinski definition) is 1. The first-order valence-electron chi connectivity index (χ1n) is 4.26. The van der Waals surface area contributed by atoms with Crippen molar-refractivity contribution in [2.45, 2.75) is 18.8 Å². The molecule has 0 aliphatic heterocycles. The highest BCUT2D eigenvalue weighted by Crippen LogP contribution is 2.28. The van der Waals surface area contributed by atoms with Crippen molar-refractivity contribution < 1.29 is 23.1 Å². The van der Waals surface area contributed by atoms with Crippen molar-refractivity contribution in [3.8, 4) is 0 Å². The number of aliphatic carboxylic acids is 1. The van der Waals surface area contributed by atoms with Crippen LogP contribution in [0, 0.1) is 5.82 Å². The smallest absolute Gasteiger partial charge is 0.304 e. The molecule has 0 bridgehead atoms. The van der Waals surface area contributed by atoms with Crippen LogP contribution < -0.4 is 0 Å². The molecule has 1 aromatic rings. The number of rotatable bonds is 4. The highest BCUT2D eigenvalue weighted by molar-refractivity contribution is 5.68. The summed E-state index contributed by atoms with van der Waals surface area (Å²) < 4.78 is 38.1. The monoisotopic (exact) mass is 218 g/mol. The molecule has 5 heteroatoms. The normalized spacial score (nSPS) is 12.8. The number of benzene rings is 1. The van der Waals surface area contributed by atoms with Crippen molar-refractivity contribution in [2.24, 2.45) is 0 Å². The van der Waals surface area contributed by atoms with Gasteiger partial charge in [0.25, 0.3) is 0 Å². The largest absolute Gasteiger partial charge is 0.481 e. The number of hydrogen-bond donors (Lipinski definition) is 1. The standard InChI is InChI=1S/C10H9F3O2/c11-8-4-2-1-3-6(8)7(10(12)13)5-9(14)15/h1-4,7,10H,5H2,(H,14,15). The third-order valence-electron chi connectivity index (χ3n) is 2.00. The summed E-state index contributed by atoms with van der Waals surface area (Å²) in [6.45, 7) is 0. The number of carbonyl (C=O) groups is 1. The van der Waals surface area contributed by atoms with Crippen molar-refractivity contribution in [3.63, 3.8) is 0 Å². The van der Waals surface area contributed by atoms with E-state index in [1.165, 1.54) is 18.2 Å². The zero-order valence-electron chi connectivity index (χ0n) is 7.66. The summed E-state index contributed by atoms with van der Waals surface area (Å²) >= 11 is 0. The average molecular weight is 218 g/mol. The Labute approximate surface area is 84.3 Å². The molecule has 0 spiro atoms. The van der Waals surface area contributed by atoms with Crippen LogP contribution in [-0.4, -0.2) is 17.5 Å². The molecule has 1 atom stereocenters. The topological polar surface area (TPSA) is 37.3 Å². The second kappa shape index (κ2) is 4.82. The zero-order valence-corrected chi connectivity index (χ0v) is 7.66. The maximum Gasteiger partial charge on any atom is 0.304 e. The molecule has 0 aliphatic carbocycles. The summed E-state index contributed by atoms with van der Waals surface area (Å²) in [6.07, 6.45) is -3.67. The molecule has 0 amide bonds. The second-order valence-corrected chi connectivity index (χ2v) is 3.06. The molecular formula is C10H9F3O2. The van der Waals surface area contributed by atoms with Crippen LogP contribution in [-0.2, 0) is 4.79 Å². The van der Waals surface area contributed by atoms with E-state index >= 15 is 0 Å². The van der Waals surface area contributed by atoms with E-state index in [-0.39, 0.29) is 5.56 Å². The predicted molar refractivity (Wildman–Crippen MR) is 47.4 cm³/mol. The van der Waals surface area contributed by atoms with Gasteiger partial charge in [0, 0.05) is 0 Å². The Balaban J connectivity index is 2.99. The average Bonchev–Trinajstić information content (AvgIpc) is 2.15. The minimum absolute atomic E-state index is 0.255. The van der Waals surface area contributed by atoms with Gasteiger partial charge in [-0.3, -0.25) is 4.79 Å². The lowest BCUT2D eigenvalue weighted by atomic mass is 9.96. The summed E-state index contributed by atoms with van der Waals surface area (Å²) in [7, 11) is 0. The van der Waals surface area contributed by atoms with Crippen LogP contribution in [0.25, 0.3) is 0 Å². The van der Waals surface area contributed by atoms with E-state index in [0.717, 1.165) is 6.07 Å². The van der Waals surface area contributed by atoms with Gasteiger partial charge in [0.15, 0.2) is 0 Å². The molecule has 0 aliphatic rings. The fourth-order valence-electron chi connectivity index (χ4n) is 1.30. The summed E-state index contributed by atoms with van der Waals surface area (Å²) in [5.74, 6) is -3.77. The number of carboxylic acids is 1. The van der Waals surface area contributed by atoms with Crippen LogP contribution in [0.2, 0.25) is 0 Å². The maximum absolute atomic E-state index is 13.1. The van der Waals surface area contributed by atoms with E-state index < -0.39 is 30.6 Å². The molecule has 1 rings (SSSR count). The van der Waals surface area contributed by atoms with Crippen LogP contribution in [0.1, 0.15) is 17.9 Å². The molecule has 0 saturated heterocycles. The quantitative estimate of drug-likeness (QED) is 0.843. The van der Waals surface area contributed by atoms with Gasteiger partial charge in [0.2, 0.25) is 6.43 Å². The van der Waals surface area contributed by atoms with Gasteiger partial charge in [-0.05, 0) is 11.6 Å². The van der Waals surface area contributed by atoms with E-state index in [0.29, 0.717) is 0 Å². The molecule has 0 fully saturated rings. The van der Waals surface area contributed by atoms with E-state index in [4.69, 9.17) is 5.11 Å². The molecule has 0 saturated carbocycles.